The molecule has 10 heteroatoms. The number of nitrogens with zero attached hydrogens (tertiary/aromatic N) is 1. The maximum atomic E-state index is 13.9. The van der Waals surface area contributed by atoms with Gasteiger partial charge in [-0.3, -0.25) is 4.79 Å². The third kappa shape index (κ3) is 4.03. The molecular weight excluding hydrogens is 418 g/mol. The number of carbonyl (C=O) groups is 1. The summed E-state index contributed by atoms with van der Waals surface area (Å²) in [6.45, 7) is 1.03. The number of hydrogen-bond acceptors (Lipinski definition) is 5. The van der Waals surface area contributed by atoms with Gasteiger partial charge in [0.15, 0.2) is 0 Å². The number of carbonyl (C=O) groups excluding carboxylic acids is 1. The second kappa shape index (κ2) is 7.93. The Labute approximate surface area is 172 Å². The molecule has 2 aromatic carbocycles. The van der Waals surface area contributed by atoms with Crippen molar-refractivity contribution in [2.75, 3.05) is 31.6 Å². The molecule has 0 radical (unpaired) electrons. The number of morpholine rings is 1. The third-order valence-corrected chi connectivity index (χ3v) is 7.22. The Bertz CT molecular complexity index is 1090. The molecule has 2 aliphatic rings. The van der Waals surface area contributed by atoms with Crippen molar-refractivity contribution in [3.05, 3.63) is 53.6 Å². The van der Waals surface area contributed by atoms with Crippen molar-refractivity contribution < 1.29 is 31.8 Å². The fourth-order valence-electron chi connectivity index (χ4n) is 3.57. The van der Waals surface area contributed by atoms with Crippen LogP contribution in [0.2, 0.25) is 0 Å². The first-order valence-corrected chi connectivity index (χ1v) is 10.9. The number of phenols is 1. The summed E-state index contributed by atoms with van der Waals surface area (Å²) in [5.41, 5.74) is 0.212. The van der Waals surface area contributed by atoms with E-state index in [0.29, 0.717) is 19.6 Å². The van der Waals surface area contributed by atoms with Gasteiger partial charge in [-0.05, 0) is 42.2 Å². The molecule has 0 bridgehead atoms. The van der Waals surface area contributed by atoms with Gasteiger partial charge < -0.3 is 15.2 Å². The third-order valence-electron chi connectivity index (χ3n) is 5.32. The molecule has 1 saturated heterocycles. The van der Waals surface area contributed by atoms with Crippen LogP contribution in [-0.4, -0.2) is 50.0 Å². The fraction of sp³-hybridized carbons (Fsp3) is 0.350. The Morgan fingerprint density at radius 1 is 1.13 bits per heavy atom. The number of anilines is 1. The standard InChI is InChI=1S/C20H20F2N2O5S/c21-12-1-3-14(17(22)9-12)15-11-16(15)20(26)23-18-10-13(2-4-19(18)25)30(27,28)24-5-7-29-8-6-24/h1-4,9-10,15-16,25H,5-8,11H2,(H,23,26)/t15-,16-/m1/s1. The molecule has 1 aliphatic carbocycles. The van der Waals surface area contributed by atoms with Gasteiger partial charge in [-0.1, -0.05) is 6.07 Å². The lowest BCUT2D eigenvalue weighted by atomic mass is 10.1. The number of hydrogen-bond donors (Lipinski definition) is 2. The summed E-state index contributed by atoms with van der Waals surface area (Å²) in [6.07, 6.45) is 0.376. The maximum absolute atomic E-state index is 13.9. The zero-order valence-corrected chi connectivity index (χ0v) is 16.7. The Morgan fingerprint density at radius 2 is 1.87 bits per heavy atom. The Balaban J connectivity index is 1.50. The van der Waals surface area contributed by atoms with Crippen LogP contribution in [0.3, 0.4) is 0 Å². The van der Waals surface area contributed by atoms with E-state index in [4.69, 9.17) is 4.74 Å². The molecule has 1 saturated carbocycles. The Hall–Kier alpha value is -2.56. The first kappa shape index (κ1) is 20.7. The van der Waals surface area contributed by atoms with Crippen LogP contribution in [0.15, 0.2) is 41.3 Å². The first-order valence-electron chi connectivity index (χ1n) is 9.44. The molecule has 0 spiro atoms. The van der Waals surface area contributed by atoms with Crippen LogP contribution in [0.1, 0.15) is 17.9 Å². The predicted octanol–water partition coefficient (Wildman–Crippen LogP) is 2.43. The Morgan fingerprint density at radius 3 is 2.57 bits per heavy atom. The summed E-state index contributed by atoms with van der Waals surface area (Å²) >= 11 is 0. The molecule has 1 aliphatic heterocycles. The Kier molecular flexibility index (Phi) is 5.48. The highest BCUT2D eigenvalue weighted by atomic mass is 32.2. The summed E-state index contributed by atoms with van der Waals surface area (Å²) in [4.78, 5) is 12.5. The average molecular weight is 438 g/mol. The second-order valence-corrected chi connectivity index (χ2v) is 9.24. The number of aromatic hydroxyl groups is 1. The van der Waals surface area contributed by atoms with Gasteiger partial charge >= 0.3 is 0 Å². The lowest BCUT2D eigenvalue weighted by Gasteiger charge is -2.26. The minimum Gasteiger partial charge on any atom is -0.506 e. The van der Waals surface area contributed by atoms with Crippen molar-refractivity contribution in [2.24, 2.45) is 5.92 Å². The van der Waals surface area contributed by atoms with Gasteiger partial charge in [-0.15, -0.1) is 0 Å². The normalized spacial score (nSPS) is 21.9. The van der Waals surface area contributed by atoms with E-state index in [1.807, 2.05) is 0 Å². The molecule has 7 nitrogen and oxygen atoms in total. The molecule has 2 fully saturated rings. The van der Waals surface area contributed by atoms with Gasteiger partial charge in [0, 0.05) is 25.1 Å². The summed E-state index contributed by atoms with van der Waals surface area (Å²) in [7, 11) is -3.80. The van der Waals surface area contributed by atoms with Crippen LogP contribution in [-0.2, 0) is 19.6 Å². The lowest BCUT2D eigenvalue weighted by Crippen LogP contribution is -2.40. The molecule has 30 heavy (non-hydrogen) atoms. The number of rotatable bonds is 5. The summed E-state index contributed by atoms with van der Waals surface area (Å²) in [6, 6.07) is 6.89. The van der Waals surface area contributed by atoms with E-state index in [0.717, 1.165) is 12.1 Å². The van der Waals surface area contributed by atoms with Crippen molar-refractivity contribution >= 4 is 21.6 Å². The highest BCUT2D eigenvalue weighted by Crippen LogP contribution is 2.49. The van der Waals surface area contributed by atoms with E-state index in [1.54, 1.807) is 0 Å². The van der Waals surface area contributed by atoms with E-state index in [2.05, 4.69) is 5.32 Å². The summed E-state index contributed by atoms with van der Waals surface area (Å²) < 4.78 is 59.0. The zero-order chi connectivity index (χ0) is 21.5. The van der Waals surface area contributed by atoms with Crippen molar-refractivity contribution in [1.29, 1.82) is 0 Å². The lowest BCUT2D eigenvalue weighted by molar-refractivity contribution is -0.117. The van der Waals surface area contributed by atoms with Crippen LogP contribution in [0.5, 0.6) is 5.75 Å². The quantitative estimate of drug-likeness (QED) is 0.699. The molecular formula is C20H20F2N2O5S. The molecule has 0 aromatic heterocycles. The van der Waals surface area contributed by atoms with Gasteiger partial charge in [0.2, 0.25) is 15.9 Å². The smallest absolute Gasteiger partial charge is 0.243 e. The molecule has 1 amide bonds. The summed E-state index contributed by atoms with van der Waals surface area (Å²) in [5, 5.41) is 12.6. The van der Waals surface area contributed by atoms with Crippen LogP contribution in [0.25, 0.3) is 0 Å². The number of halogens is 2. The van der Waals surface area contributed by atoms with E-state index in [1.165, 1.54) is 28.6 Å². The number of phenolic OH excluding ortho intramolecular Hbond substituents is 1. The second-order valence-electron chi connectivity index (χ2n) is 7.30. The van der Waals surface area contributed by atoms with Crippen molar-refractivity contribution in [1.82, 2.24) is 4.31 Å². The zero-order valence-electron chi connectivity index (χ0n) is 15.8. The van der Waals surface area contributed by atoms with Gasteiger partial charge in [0.1, 0.15) is 17.4 Å². The molecule has 0 unspecified atom stereocenters. The number of amides is 1. The van der Waals surface area contributed by atoms with E-state index in [-0.39, 0.29) is 35.0 Å². The monoisotopic (exact) mass is 438 g/mol. The maximum Gasteiger partial charge on any atom is 0.243 e. The van der Waals surface area contributed by atoms with Crippen LogP contribution in [0.4, 0.5) is 14.5 Å². The SMILES string of the molecule is O=C(Nc1cc(S(=O)(=O)N2CCOCC2)ccc1O)[C@@H]1C[C@@H]1c1ccc(F)cc1F. The predicted molar refractivity (Wildman–Crippen MR) is 104 cm³/mol. The minimum atomic E-state index is -3.80. The topological polar surface area (TPSA) is 95.9 Å². The molecule has 2 atom stereocenters. The van der Waals surface area contributed by atoms with Gasteiger partial charge in [-0.25, -0.2) is 17.2 Å². The van der Waals surface area contributed by atoms with Crippen molar-refractivity contribution in [3.8, 4) is 5.75 Å². The van der Waals surface area contributed by atoms with E-state index in [9.17, 15) is 27.1 Å². The molecule has 4 rings (SSSR count). The van der Waals surface area contributed by atoms with Crippen LogP contribution < -0.4 is 5.32 Å². The van der Waals surface area contributed by atoms with Gasteiger partial charge in [-0.2, -0.15) is 4.31 Å². The fourth-order valence-corrected chi connectivity index (χ4v) is 5.00. The number of sulfonamides is 1. The van der Waals surface area contributed by atoms with Crippen molar-refractivity contribution in [2.45, 2.75) is 17.2 Å². The average Bonchev–Trinajstić information content (AvgIpc) is 3.51. The van der Waals surface area contributed by atoms with Crippen molar-refractivity contribution in [3.63, 3.8) is 0 Å². The number of benzene rings is 2. The van der Waals surface area contributed by atoms with E-state index < -0.39 is 39.4 Å². The molecule has 1 heterocycles. The minimum absolute atomic E-state index is 0.0421. The van der Waals surface area contributed by atoms with E-state index >= 15 is 0 Å². The highest BCUT2D eigenvalue weighted by Gasteiger charge is 2.45. The number of nitrogens with one attached hydrogen (secondary N) is 1. The first-order chi connectivity index (χ1) is 14.3. The van der Waals surface area contributed by atoms with Gasteiger partial charge in [0.25, 0.3) is 0 Å². The molecule has 2 N–H and O–H groups in total. The molecule has 160 valence electrons. The van der Waals surface area contributed by atoms with Crippen LogP contribution >= 0.6 is 0 Å². The summed E-state index contributed by atoms with van der Waals surface area (Å²) in [5.74, 6) is -3.11. The van der Waals surface area contributed by atoms with Gasteiger partial charge in [0.05, 0.1) is 23.8 Å². The van der Waals surface area contributed by atoms with Crippen LogP contribution in [0, 0.1) is 17.6 Å². The number of ether oxygens (including phenoxy) is 1. The highest BCUT2D eigenvalue weighted by molar-refractivity contribution is 7.89. The molecule has 2 aromatic rings. The largest absolute Gasteiger partial charge is 0.506 e.